The Kier molecular flexibility index (Phi) is 5.47. The largest absolute Gasteiger partial charge is 0.445 e. The number of H-pyrrole nitrogens is 1. The predicted molar refractivity (Wildman–Crippen MR) is 122 cm³/mol. The van der Waals surface area contributed by atoms with Gasteiger partial charge in [0, 0.05) is 35.4 Å². The van der Waals surface area contributed by atoms with E-state index < -0.39 is 0 Å². The minimum atomic E-state index is -0.310. The Bertz CT molecular complexity index is 1280. The van der Waals surface area contributed by atoms with E-state index in [0.717, 1.165) is 40.6 Å². The van der Waals surface area contributed by atoms with Gasteiger partial charge in [0.15, 0.2) is 5.89 Å². The Hall–Kier alpha value is -3.12. The molecule has 32 heavy (non-hydrogen) atoms. The zero-order valence-corrected chi connectivity index (χ0v) is 18.5. The summed E-state index contributed by atoms with van der Waals surface area (Å²) < 4.78 is 19.7. The van der Waals surface area contributed by atoms with Gasteiger partial charge in [-0.2, -0.15) is 0 Å². The maximum atomic E-state index is 13.6. The summed E-state index contributed by atoms with van der Waals surface area (Å²) in [5.74, 6) is 1.13. The number of piperidine rings is 1. The van der Waals surface area contributed by atoms with Crippen molar-refractivity contribution >= 4 is 28.4 Å². The number of nitrogens with zero attached hydrogens (tertiary/aromatic N) is 2. The van der Waals surface area contributed by atoms with E-state index in [1.165, 1.54) is 12.1 Å². The number of hydrogen-bond acceptors (Lipinski definition) is 3. The minimum absolute atomic E-state index is 0.0498. The maximum Gasteiger partial charge on any atom is 0.270 e. The lowest BCUT2D eigenvalue weighted by Crippen LogP contribution is -2.39. The predicted octanol–water partition coefficient (Wildman–Crippen LogP) is 5.87. The van der Waals surface area contributed by atoms with E-state index in [2.05, 4.69) is 9.97 Å². The molecule has 1 aliphatic heterocycles. The molecule has 0 aliphatic carbocycles. The number of halogens is 2. The van der Waals surface area contributed by atoms with Crippen LogP contribution in [0, 0.1) is 12.7 Å². The molecule has 1 fully saturated rings. The van der Waals surface area contributed by atoms with Gasteiger partial charge in [-0.05, 0) is 61.2 Å². The van der Waals surface area contributed by atoms with Crippen molar-refractivity contribution < 1.29 is 13.6 Å². The number of aromatic nitrogens is 2. The number of benzene rings is 2. The molecule has 1 aliphatic rings. The van der Waals surface area contributed by atoms with E-state index in [4.69, 9.17) is 16.0 Å². The van der Waals surface area contributed by atoms with Crippen LogP contribution in [0.5, 0.6) is 0 Å². The topological polar surface area (TPSA) is 62.1 Å². The summed E-state index contributed by atoms with van der Waals surface area (Å²) in [6, 6.07) is 12.2. The molecule has 7 heteroatoms. The molecular weight excluding hydrogens is 429 g/mol. The summed E-state index contributed by atoms with van der Waals surface area (Å²) in [5.41, 5.74) is 3.15. The van der Waals surface area contributed by atoms with Gasteiger partial charge >= 0.3 is 0 Å². The summed E-state index contributed by atoms with van der Waals surface area (Å²) in [5, 5.41) is 1.44. The highest BCUT2D eigenvalue weighted by Gasteiger charge is 2.30. The average Bonchev–Trinajstić information content (AvgIpc) is 3.40. The van der Waals surface area contributed by atoms with Crippen molar-refractivity contribution in [3.63, 3.8) is 0 Å². The minimum Gasteiger partial charge on any atom is -0.445 e. The quantitative estimate of drug-likeness (QED) is 0.422. The van der Waals surface area contributed by atoms with Crippen LogP contribution in [0.1, 0.15) is 52.0 Å². The molecule has 0 radical (unpaired) electrons. The van der Waals surface area contributed by atoms with Gasteiger partial charge in [0.05, 0.1) is 12.1 Å². The normalized spacial score (nSPS) is 16.6. The first-order valence-corrected chi connectivity index (χ1v) is 11.1. The van der Waals surface area contributed by atoms with E-state index in [1.807, 2.05) is 36.1 Å². The fourth-order valence-electron chi connectivity index (χ4n) is 4.43. The van der Waals surface area contributed by atoms with Crippen molar-refractivity contribution in [3.8, 4) is 0 Å². The number of amides is 1. The van der Waals surface area contributed by atoms with Gasteiger partial charge < -0.3 is 14.3 Å². The van der Waals surface area contributed by atoms with Crippen LogP contribution < -0.4 is 0 Å². The van der Waals surface area contributed by atoms with E-state index >= 15 is 0 Å². The van der Waals surface area contributed by atoms with Crippen LogP contribution in [0.2, 0.25) is 5.02 Å². The third-order valence-electron chi connectivity index (χ3n) is 6.16. The fraction of sp³-hybridized carbons (Fsp3) is 0.280. The van der Waals surface area contributed by atoms with Gasteiger partial charge in [0.25, 0.3) is 5.91 Å². The van der Waals surface area contributed by atoms with Crippen LogP contribution >= 0.6 is 11.6 Å². The van der Waals surface area contributed by atoms with Crippen molar-refractivity contribution in [2.45, 2.75) is 32.1 Å². The number of fused-ring (bicyclic) bond motifs is 1. The fourth-order valence-corrected chi connectivity index (χ4v) is 4.56. The second-order valence-corrected chi connectivity index (χ2v) is 8.81. The summed E-state index contributed by atoms with van der Waals surface area (Å²) >= 11 is 5.96. The third-order valence-corrected chi connectivity index (χ3v) is 6.41. The molecule has 1 saturated heterocycles. The standard InChI is InChI=1S/C25H23ClFN3O2/c1-15-21-12-19(27)8-9-22(21)29-23(15)25(31)30-10-2-3-17(14-30)24-28-13-20(32-24)11-16-4-6-18(26)7-5-16/h4-9,12-13,17,29H,2-3,10-11,14H2,1H3. The molecule has 2 aromatic heterocycles. The molecule has 0 bridgehead atoms. The van der Waals surface area contributed by atoms with Crippen molar-refractivity contribution in [1.29, 1.82) is 0 Å². The molecule has 2 aromatic carbocycles. The van der Waals surface area contributed by atoms with E-state index in [0.29, 0.717) is 36.1 Å². The summed E-state index contributed by atoms with van der Waals surface area (Å²) in [6.45, 7) is 3.07. The van der Waals surface area contributed by atoms with Crippen LogP contribution in [0.3, 0.4) is 0 Å². The summed E-state index contributed by atoms with van der Waals surface area (Å²) in [7, 11) is 0. The first-order chi connectivity index (χ1) is 15.5. The van der Waals surface area contributed by atoms with Gasteiger partial charge in [-0.25, -0.2) is 9.37 Å². The highest BCUT2D eigenvalue weighted by atomic mass is 35.5. The van der Waals surface area contributed by atoms with Gasteiger partial charge in [-0.1, -0.05) is 23.7 Å². The molecule has 1 N–H and O–H groups in total. The molecule has 0 saturated carbocycles. The highest BCUT2D eigenvalue weighted by Crippen LogP contribution is 2.30. The number of carbonyl (C=O) groups is 1. The van der Waals surface area contributed by atoms with Crippen molar-refractivity contribution in [3.05, 3.63) is 88.0 Å². The number of rotatable bonds is 4. The van der Waals surface area contributed by atoms with Gasteiger partial charge in [-0.15, -0.1) is 0 Å². The molecule has 4 aromatic rings. The number of carbonyl (C=O) groups excluding carboxylic acids is 1. The number of hydrogen-bond donors (Lipinski definition) is 1. The molecule has 1 amide bonds. The second-order valence-electron chi connectivity index (χ2n) is 8.37. The Labute approximate surface area is 190 Å². The lowest BCUT2D eigenvalue weighted by atomic mass is 9.97. The molecular formula is C25H23ClFN3O2. The molecule has 164 valence electrons. The van der Waals surface area contributed by atoms with Crippen molar-refractivity contribution in [1.82, 2.24) is 14.9 Å². The zero-order valence-electron chi connectivity index (χ0n) is 17.7. The molecule has 1 atom stereocenters. The summed E-state index contributed by atoms with van der Waals surface area (Å²) in [4.78, 5) is 22.8. The monoisotopic (exact) mass is 451 g/mol. The van der Waals surface area contributed by atoms with Crippen molar-refractivity contribution in [2.75, 3.05) is 13.1 Å². The van der Waals surface area contributed by atoms with Crippen LogP contribution in [-0.2, 0) is 6.42 Å². The molecule has 5 nitrogen and oxygen atoms in total. The van der Waals surface area contributed by atoms with Gasteiger partial charge in [0.1, 0.15) is 17.3 Å². The lowest BCUT2D eigenvalue weighted by Gasteiger charge is -2.31. The first-order valence-electron chi connectivity index (χ1n) is 10.7. The van der Waals surface area contributed by atoms with Gasteiger partial charge in [-0.3, -0.25) is 4.79 Å². The maximum absolute atomic E-state index is 13.6. The van der Waals surface area contributed by atoms with Crippen LogP contribution in [0.25, 0.3) is 10.9 Å². The highest BCUT2D eigenvalue weighted by molar-refractivity contribution is 6.30. The summed E-state index contributed by atoms with van der Waals surface area (Å²) in [6.07, 6.45) is 4.20. The Balaban J connectivity index is 1.31. The molecule has 0 spiro atoms. The zero-order chi connectivity index (χ0) is 22.2. The van der Waals surface area contributed by atoms with E-state index in [1.54, 1.807) is 12.3 Å². The van der Waals surface area contributed by atoms with Crippen LogP contribution in [0.4, 0.5) is 4.39 Å². The second kappa shape index (κ2) is 8.43. The van der Waals surface area contributed by atoms with Crippen LogP contribution in [-0.4, -0.2) is 33.9 Å². The van der Waals surface area contributed by atoms with Crippen LogP contribution in [0.15, 0.2) is 53.1 Å². The van der Waals surface area contributed by atoms with E-state index in [-0.39, 0.29) is 17.6 Å². The number of aromatic amines is 1. The number of likely N-dealkylation sites (tertiary alicyclic amines) is 1. The smallest absolute Gasteiger partial charge is 0.270 e. The average molecular weight is 452 g/mol. The molecule has 3 heterocycles. The first kappa shape index (κ1) is 20.8. The molecule has 1 unspecified atom stereocenters. The Morgan fingerprint density at radius 3 is 2.91 bits per heavy atom. The van der Waals surface area contributed by atoms with Gasteiger partial charge in [0.2, 0.25) is 0 Å². The van der Waals surface area contributed by atoms with Crippen molar-refractivity contribution in [2.24, 2.45) is 0 Å². The number of nitrogens with one attached hydrogen (secondary N) is 1. The Morgan fingerprint density at radius 2 is 2.09 bits per heavy atom. The Morgan fingerprint density at radius 1 is 1.28 bits per heavy atom. The third kappa shape index (κ3) is 4.02. The number of oxazole rings is 1. The molecule has 5 rings (SSSR count). The van der Waals surface area contributed by atoms with E-state index in [9.17, 15) is 9.18 Å². The lowest BCUT2D eigenvalue weighted by molar-refractivity contribution is 0.0692. The number of aryl methyl sites for hydroxylation is 1. The SMILES string of the molecule is Cc1c(C(=O)N2CCCC(c3ncc(Cc4ccc(Cl)cc4)o3)C2)[nH]c2ccc(F)cc12.